The molecule has 1 aromatic heterocycles. The number of halogens is 1. The van der Waals surface area contributed by atoms with Crippen molar-refractivity contribution in [2.75, 3.05) is 5.75 Å². The summed E-state index contributed by atoms with van der Waals surface area (Å²) >= 11 is 3.85. The second kappa shape index (κ2) is 4.72. The highest BCUT2D eigenvalue weighted by Gasteiger charge is 2.20. The number of hydrogen-bond donors (Lipinski definition) is 3. The zero-order chi connectivity index (χ0) is 10.7. The van der Waals surface area contributed by atoms with Gasteiger partial charge in [-0.2, -0.15) is 12.6 Å². The number of aromatic nitrogens is 1. The van der Waals surface area contributed by atoms with E-state index in [1.807, 2.05) is 0 Å². The average Bonchev–Trinajstić information content (AvgIpc) is 2.15. The van der Waals surface area contributed by atoms with Gasteiger partial charge >= 0.3 is 0 Å². The Morgan fingerprint density at radius 3 is 2.71 bits per heavy atom. The van der Waals surface area contributed by atoms with Crippen LogP contribution in [0.15, 0.2) is 12.3 Å². The number of nitrogens with zero attached hydrogens (tertiary/aromatic N) is 1. The summed E-state index contributed by atoms with van der Waals surface area (Å²) in [6.07, 6.45) is -1.10. The fourth-order valence-corrected chi connectivity index (χ4v) is 1.34. The van der Waals surface area contributed by atoms with Crippen molar-refractivity contribution in [2.24, 2.45) is 0 Å². The van der Waals surface area contributed by atoms with E-state index in [2.05, 4.69) is 17.6 Å². The first-order valence-corrected chi connectivity index (χ1v) is 4.78. The quantitative estimate of drug-likeness (QED) is 0.658. The summed E-state index contributed by atoms with van der Waals surface area (Å²) < 4.78 is 12.7. The highest BCUT2D eigenvalue weighted by molar-refractivity contribution is 7.80. The van der Waals surface area contributed by atoms with Crippen LogP contribution >= 0.6 is 12.6 Å². The summed E-state index contributed by atoms with van der Waals surface area (Å²) in [5, 5.41) is 18.9. The van der Waals surface area contributed by atoms with E-state index in [0.29, 0.717) is 5.56 Å². The average molecular weight is 217 g/mol. The van der Waals surface area contributed by atoms with E-state index < -0.39 is 18.0 Å². The molecule has 2 atom stereocenters. The van der Waals surface area contributed by atoms with Crippen molar-refractivity contribution in [1.82, 2.24) is 4.98 Å². The molecule has 2 unspecified atom stereocenters. The summed E-state index contributed by atoms with van der Waals surface area (Å²) in [4.78, 5) is 3.73. The van der Waals surface area contributed by atoms with Gasteiger partial charge in [0, 0.05) is 5.75 Å². The monoisotopic (exact) mass is 217 g/mol. The van der Waals surface area contributed by atoms with Crippen molar-refractivity contribution >= 4 is 12.6 Å². The van der Waals surface area contributed by atoms with Crippen LogP contribution in [0.5, 0.6) is 0 Å². The molecule has 0 aliphatic carbocycles. The number of thiol groups is 1. The molecule has 0 saturated carbocycles. The summed E-state index contributed by atoms with van der Waals surface area (Å²) in [6, 6.07) is 1.26. The molecule has 0 amide bonds. The Morgan fingerprint density at radius 1 is 1.57 bits per heavy atom. The molecule has 3 nitrogen and oxygen atoms in total. The summed E-state index contributed by atoms with van der Waals surface area (Å²) in [6.45, 7) is 1.62. The molecule has 1 heterocycles. The molecule has 14 heavy (non-hydrogen) atoms. The molecule has 78 valence electrons. The van der Waals surface area contributed by atoms with Crippen molar-refractivity contribution < 1.29 is 14.6 Å². The van der Waals surface area contributed by atoms with Crippen molar-refractivity contribution in [3.8, 4) is 0 Å². The Kier molecular flexibility index (Phi) is 3.86. The van der Waals surface area contributed by atoms with Gasteiger partial charge in [0.15, 0.2) is 0 Å². The van der Waals surface area contributed by atoms with Crippen LogP contribution in [0, 0.1) is 12.7 Å². The minimum absolute atomic E-state index is 0.125. The van der Waals surface area contributed by atoms with E-state index in [4.69, 9.17) is 0 Å². The molecular formula is C9H12FNO2S. The SMILES string of the molecule is Cc1cc(F)cnc1C(O)C(O)CS. The van der Waals surface area contributed by atoms with E-state index >= 15 is 0 Å². The van der Waals surface area contributed by atoms with Gasteiger partial charge < -0.3 is 10.2 Å². The van der Waals surface area contributed by atoms with Gasteiger partial charge in [-0.1, -0.05) is 0 Å². The highest BCUT2D eigenvalue weighted by Crippen LogP contribution is 2.19. The summed E-state index contributed by atoms with van der Waals surface area (Å²) in [5.74, 6) is -0.335. The number of aryl methyl sites for hydroxylation is 1. The van der Waals surface area contributed by atoms with Crippen molar-refractivity contribution in [3.05, 3.63) is 29.3 Å². The second-order valence-electron chi connectivity index (χ2n) is 3.05. The zero-order valence-electron chi connectivity index (χ0n) is 7.68. The van der Waals surface area contributed by atoms with Gasteiger partial charge in [-0.3, -0.25) is 4.98 Å². The van der Waals surface area contributed by atoms with Gasteiger partial charge in [-0.25, -0.2) is 4.39 Å². The first-order valence-electron chi connectivity index (χ1n) is 4.15. The van der Waals surface area contributed by atoms with Gasteiger partial charge in [0.2, 0.25) is 0 Å². The number of pyridine rings is 1. The Labute approximate surface area is 87.0 Å². The Morgan fingerprint density at radius 2 is 2.21 bits per heavy atom. The molecular weight excluding hydrogens is 205 g/mol. The van der Waals surface area contributed by atoms with Crippen molar-refractivity contribution in [1.29, 1.82) is 0 Å². The van der Waals surface area contributed by atoms with Gasteiger partial charge in [-0.05, 0) is 18.6 Å². The van der Waals surface area contributed by atoms with E-state index in [9.17, 15) is 14.6 Å². The molecule has 0 bridgehead atoms. The van der Waals surface area contributed by atoms with Gasteiger partial charge in [0.05, 0.1) is 18.0 Å². The molecule has 0 fully saturated rings. The molecule has 0 aliphatic rings. The van der Waals surface area contributed by atoms with E-state index in [1.165, 1.54) is 6.07 Å². The summed E-state index contributed by atoms with van der Waals surface area (Å²) in [5.41, 5.74) is 0.797. The molecule has 0 spiro atoms. The molecule has 5 heteroatoms. The second-order valence-corrected chi connectivity index (χ2v) is 3.42. The fraction of sp³-hybridized carbons (Fsp3) is 0.444. The lowest BCUT2D eigenvalue weighted by atomic mass is 10.1. The van der Waals surface area contributed by atoms with Gasteiger partial charge in [0.1, 0.15) is 11.9 Å². The van der Waals surface area contributed by atoms with Crippen LogP contribution in [0.1, 0.15) is 17.4 Å². The number of rotatable bonds is 3. The molecule has 0 saturated heterocycles. The number of hydrogen-bond acceptors (Lipinski definition) is 4. The standard InChI is InChI=1S/C9H12FNO2S/c1-5-2-6(10)3-11-8(5)9(13)7(12)4-14/h2-3,7,9,12-14H,4H2,1H3. The lowest BCUT2D eigenvalue weighted by Crippen LogP contribution is -2.21. The third kappa shape index (κ3) is 2.43. The predicted octanol–water partition coefficient (Wildman–Crippen LogP) is 0.853. The lowest BCUT2D eigenvalue weighted by molar-refractivity contribution is 0.0305. The first-order chi connectivity index (χ1) is 6.56. The van der Waals surface area contributed by atoms with E-state index in [1.54, 1.807) is 6.92 Å². The largest absolute Gasteiger partial charge is 0.389 e. The molecule has 1 aromatic rings. The first kappa shape index (κ1) is 11.4. The van der Waals surface area contributed by atoms with Crippen molar-refractivity contribution in [3.63, 3.8) is 0 Å². The van der Waals surface area contributed by atoms with Crippen molar-refractivity contribution in [2.45, 2.75) is 19.1 Å². The molecule has 0 aromatic carbocycles. The lowest BCUT2D eigenvalue weighted by Gasteiger charge is -2.16. The van der Waals surface area contributed by atoms with Crippen LogP contribution in [0.2, 0.25) is 0 Å². The van der Waals surface area contributed by atoms with E-state index in [0.717, 1.165) is 6.20 Å². The molecule has 0 radical (unpaired) electrons. The van der Waals surface area contributed by atoms with Gasteiger partial charge in [-0.15, -0.1) is 0 Å². The molecule has 1 rings (SSSR count). The third-order valence-electron chi connectivity index (χ3n) is 1.92. The van der Waals surface area contributed by atoms with Crippen LogP contribution in [0.4, 0.5) is 4.39 Å². The maximum Gasteiger partial charge on any atom is 0.141 e. The zero-order valence-corrected chi connectivity index (χ0v) is 8.58. The van der Waals surface area contributed by atoms with E-state index in [-0.39, 0.29) is 11.4 Å². The van der Waals surface area contributed by atoms with Crippen LogP contribution in [-0.2, 0) is 0 Å². The molecule has 0 aliphatic heterocycles. The fourth-order valence-electron chi connectivity index (χ4n) is 1.14. The van der Waals surface area contributed by atoms with Crippen LogP contribution in [0.25, 0.3) is 0 Å². The minimum atomic E-state index is -1.12. The van der Waals surface area contributed by atoms with Crippen LogP contribution in [-0.4, -0.2) is 27.1 Å². The maximum absolute atomic E-state index is 12.7. The van der Waals surface area contributed by atoms with Crippen LogP contribution < -0.4 is 0 Å². The molecule has 2 N–H and O–H groups in total. The maximum atomic E-state index is 12.7. The minimum Gasteiger partial charge on any atom is -0.389 e. The van der Waals surface area contributed by atoms with Gasteiger partial charge in [0.25, 0.3) is 0 Å². The summed E-state index contributed by atoms with van der Waals surface area (Å²) in [7, 11) is 0. The predicted molar refractivity (Wildman–Crippen MR) is 53.8 cm³/mol. The Balaban J connectivity index is 2.95. The Hall–Kier alpha value is -0.650. The Bertz CT molecular complexity index is 322. The third-order valence-corrected chi connectivity index (χ3v) is 2.29. The topological polar surface area (TPSA) is 53.4 Å². The van der Waals surface area contributed by atoms with Crippen LogP contribution in [0.3, 0.4) is 0 Å². The normalized spacial score (nSPS) is 15.2. The number of aliphatic hydroxyl groups is 2. The highest BCUT2D eigenvalue weighted by atomic mass is 32.1. The number of aliphatic hydroxyl groups excluding tert-OH is 2. The smallest absolute Gasteiger partial charge is 0.141 e.